The normalized spacial score (nSPS) is 10.7. The summed E-state index contributed by atoms with van der Waals surface area (Å²) in [7, 11) is 1.59. The number of aromatic nitrogens is 3. The molecule has 27 heavy (non-hydrogen) atoms. The molecule has 0 fully saturated rings. The molecule has 0 atom stereocenters. The van der Waals surface area contributed by atoms with Crippen LogP contribution in [-0.2, 0) is 6.61 Å². The molecule has 1 N–H and O–H groups in total. The lowest BCUT2D eigenvalue weighted by molar-refractivity contribution is 0.277. The van der Waals surface area contributed by atoms with Crippen LogP contribution in [-0.4, -0.2) is 27.2 Å². The fourth-order valence-corrected chi connectivity index (χ4v) is 3.47. The number of rotatable bonds is 5. The van der Waals surface area contributed by atoms with Crippen molar-refractivity contribution in [1.82, 2.24) is 15.0 Å². The first-order valence-electron chi connectivity index (χ1n) is 8.41. The summed E-state index contributed by atoms with van der Waals surface area (Å²) < 4.78 is 5.25. The fourth-order valence-electron chi connectivity index (χ4n) is 2.76. The van der Waals surface area contributed by atoms with Crippen LogP contribution in [0.1, 0.15) is 5.69 Å². The van der Waals surface area contributed by atoms with Crippen molar-refractivity contribution in [3.63, 3.8) is 0 Å². The Morgan fingerprint density at radius 1 is 0.852 bits per heavy atom. The largest absolute Gasteiger partial charge is 0.481 e. The smallest absolute Gasteiger partial charge is 0.213 e. The maximum absolute atomic E-state index is 9.40. The summed E-state index contributed by atoms with van der Waals surface area (Å²) in [5.74, 6) is 0.540. The predicted molar refractivity (Wildman–Crippen MR) is 106 cm³/mol. The highest BCUT2D eigenvalue weighted by Crippen LogP contribution is 2.31. The minimum Gasteiger partial charge on any atom is -0.481 e. The van der Waals surface area contributed by atoms with E-state index >= 15 is 0 Å². The average molecular weight is 375 g/mol. The van der Waals surface area contributed by atoms with Gasteiger partial charge in [0.05, 0.1) is 42.2 Å². The third kappa shape index (κ3) is 3.72. The molecule has 4 rings (SSSR count). The first-order valence-corrected chi connectivity index (χ1v) is 9.29. The van der Waals surface area contributed by atoms with Gasteiger partial charge in [0.1, 0.15) is 0 Å². The summed E-state index contributed by atoms with van der Waals surface area (Å²) in [6, 6.07) is 19.3. The van der Waals surface area contributed by atoms with Crippen molar-refractivity contribution in [3.05, 3.63) is 71.7 Å². The van der Waals surface area contributed by atoms with Gasteiger partial charge in [0, 0.05) is 10.9 Å². The van der Waals surface area contributed by atoms with Gasteiger partial charge in [-0.25, -0.2) is 15.0 Å². The van der Waals surface area contributed by atoms with Crippen molar-refractivity contribution >= 4 is 11.3 Å². The Kier molecular flexibility index (Phi) is 4.91. The second-order valence-corrected chi connectivity index (χ2v) is 6.79. The van der Waals surface area contributed by atoms with Gasteiger partial charge in [-0.3, -0.25) is 0 Å². The van der Waals surface area contributed by atoms with Crippen molar-refractivity contribution in [1.29, 1.82) is 0 Å². The van der Waals surface area contributed by atoms with Crippen molar-refractivity contribution in [2.24, 2.45) is 0 Å². The van der Waals surface area contributed by atoms with Crippen LogP contribution in [0.15, 0.2) is 66.0 Å². The molecule has 0 aliphatic rings. The monoisotopic (exact) mass is 375 g/mol. The lowest BCUT2D eigenvalue weighted by Crippen LogP contribution is -1.97. The van der Waals surface area contributed by atoms with E-state index in [0.717, 1.165) is 27.5 Å². The highest BCUT2D eigenvalue weighted by atomic mass is 32.1. The van der Waals surface area contributed by atoms with Crippen LogP contribution in [0.3, 0.4) is 0 Å². The maximum Gasteiger partial charge on any atom is 0.213 e. The van der Waals surface area contributed by atoms with E-state index in [2.05, 4.69) is 16.0 Å². The van der Waals surface area contributed by atoms with Crippen molar-refractivity contribution in [3.8, 4) is 39.1 Å². The Balaban J connectivity index is 1.89. The van der Waals surface area contributed by atoms with Gasteiger partial charge < -0.3 is 9.84 Å². The van der Waals surface area contributed by atoms with Crippen molar-refractivity contribution < 1.29 is 9.84 Å². The third-order valence-corrected chi connectivity index (χ3v) is 4.98. The van der Waals surface area contributed by atoms with E-state index in [9.17, 15) is 5.11 Å². The molecule has 0 aliphatic carbocycles. The van der Waals surface area contributed by atoms with Crippen LogP contribution in [0.5, 0.6) is 5.88 Å². The zero-order valence-electron chi connectivity index (χ0n) is 14.7. The molecular weight excluding hydrogens is 358 g/mol. The van der Waals surface area contributed by atoms with Crippen LogP contribution in [0.2, 0.25) is 0 Å². The summed E-state index contributed by atoms with van der Waals surface area (Å²) in [5.41, 5.74) is 4.57. The molecule has 5 nitrogen and oxygen atoms in total. The van der Waals surface area contributed by atoms with Crippen molar-refractivity contribution in [2.75, 3.05) is 7.11 Å². The first kappa shape index (κ1) is 17.3. The molecule has 0 amide bonds. The molecule has 4 aromatic rings. The molecule has 0 radical (unpaired) electrons. The van der Waals surface area contributed by atoms with Gasteiger partial charge in [-0.15, -0.1) is 11.3 Å². The van der Waals surface area contributed by atoms with Crippen LogP contribution >= 0.6 is 11.3 Å². The Bertz CT molecular complexity index is 999. The Morgan fingerprint density at radius 3 is 2.26 bits per heavy atom. The first-order chi connectivity index (χ1) is 13.3. The molecule has 0 aromatic carbocycles. The number of thiophene rings is 1. The van der Waals surface area contributed by atoms with Gasteiger partial charge in [-0.1, -0.05) is 18.2 Å². The van der Waals surface area contributed by atoms with Gasteiger partial charge in [0.25, 0.3) is 0 Å². The molecule has 4 heterocycles. The van der Waals surface area contributed by atoms with Crippen molar-refractivity contribution in [2.45, 2.75) is 6.61 Å². The number of methoxy groups -OCH3 is 1. The second kappa shape index (κ2) is 7.65. The minimum atomic E-state index is -0.108. The summed E-state index contributed by atoms with van der Waals surface area (Å²) in [4.78, 5) is 14.9. The van der Waals surface area contributed by atoms with Crippen LogP contribution in [0.4, 0.5) is 0 Å². The van der Waals surface area contributed by atoms with Gasteiger partial charge in [-0.05, 0) is 47.3 Å². The van der Waals surface area contributed by atoms with E-state index < -0.39 is 0 Å². The zero-order valence-corrected chi connectivity index (χ0v) is 15.5. The number of hydrogen-bond donors (Lipinski definition) is 1. The van der Waals surface area contributed by atoms with E-state index in [1.165, 1.54) is 0 Å². The predicted octanol–water partition coefficient (Wildman–Crippen LogP) is 4.44. The zero-order chi connectivity index (χ0) is 18.6. The van der Waals surface area contributed by atoms with Crippen LogP contribution < -0.4 is 4.74 Å². The topological polar surface area (TPSA) is 68.1 Å². The number of hydrogen-bond acceptors (Lipinski definition) is 6. The van der Waals surface area contributed by atoms with E-state index in [4.69, 9.17) is 9.72 Å². The highest BCUT2D eigenvalue weighted by Gasteiger charge is 2.12. The standard InChI is InChI=1S/C21H17N3O2S/c1-26-21-9-3-7-17(24-21)19-12-14(20-8-4-10-27-20)11-18(23-19)16-6-2-5-15(13-25)22-16/h2-12,25H,13H2,1H3. The molecule has 0 spiro atoms. The van der Waals surface area contributed by atoms with E-state index in [1.807, 2.05) is 47.8 Å². The second-order valence-electron chi connectivity index (χ2n) is 5.84. The Labute approximate surface area is 161 Å². The molecule has 0 bridgehead atoms. The van der Waals surface area contributed by atoms with Gasteiger partial charge in [-0.2, -0.15) is 0 Å². The number of ether oxygens (including phenoxy) is 1. The van der Waals surface area contributed by atoms with Crippen LogP contribution in [0, 0.1) is 0 Å². The summed E-state index contributed by atoms with van der Waals surface area (Å²) in [6.45, 7) is -0.108. The van der Waals surface area contributed by atoms with E-state index in [-0.39, 0.29) is 6.61 Å². The summed E-state index contributed by atoms with van der Waals surface area (Å²) >= 11 is 1.67. The quantitative estimate of drug-likeness (QED) is 0.559. The van der Waals surface area contributed by atoms with Gasteiger partial charge >= 0.3 is 0 Å². The number of aliphatic hydroxyl groups excluding tert-OH is 1. The van der Waals surface area contributed by atoms with E-state index in [0.29, 0.717) is 17.3 Å². The number of pyridine rings is 3. The Morgan fingerprint density at radius 2 is 1.59 bits per heavy atom. The fraction of sp³-hybridized carbons (Fsp3) is 0.0952. The summed E-state index contributed by atoms with van der Waals surface area (Å²) in [6.07, 6.45) is 0. The molecular formula is C21H17N3O2S. The highest BCUT2D eigenvalue weighted by molar-refractivity contribution is 7.13. The molecule has 0 saturated carbocycles. The van der Waals surface area contributed by atoms with Gasteiger partial charge in [0.2, 0.25) is 5.88 Å². The minimum absolute atomic E-state index is 0.108. The molecule has 4 aromatic heterocycles. The molecule has 134 valence electrons. The molecule has 0 saturated heterocycles. The van der Waals surface area contributed by atoms with E-state index in [1.54, 1.807) is 30.6 Å². The lowest BCUT2D eigenvalue weighted by Gasteiger charge is -2.09. The number of nitrogens with zero attached hydrogens (tertiary/aromatic N) is 3. The number of aliphatic hydroxyl groups is 1. The molecule has 0 unspecified atom stereocenters. The molecule has 0 aliphatic heterocycles. The lowest BCUT2D eigenvalue weighted by atomic mass is 10.1. The maximum atomic E-state index is 9.40. The average Bonchev–Trinajstić information content (AvgIpc) is 3.28. The SMILES string of the molecule is COc1cccc(-c2cc(-c3cccs3)cc(-c3cccc(CO)n3)n2)n1. The summed E-state index contributed by atoms with van der Waals surface area (Å²) in [5, 5.41) is 11.4. The Hall–Kier alpha value is -3.09. The van der Waals surface area contributed by atoms with Crippen LogP contribution in [0.25, 0.3) is 33.2 Å². The third-order valence-electron chi connectivity index (χ3n) is 4.06. The molecule has 6 heteroatoms. The van der Waals surface area contributed by atoms with Gasteiger partial charge in [0.15, 0.2) is 0 Å².